The van der Waals surface area contributed by atoms with Gasteiger partial charge in [0.2, 0.25) is 5.95 Å². The first-order valence-electron chi connectivity index (χ1n) is 9.32. The number of aromatic nitrogens is 2. The number of ether oxygens (including phenoxy) is 4. The number of imidazole rings is 1. The first-order chi connectivity index (χ1) is 14.2. The summed E-state index contributed by atoms with van der Waals surface area (Å²) in [5.41, 5.74) is 8.49. The summed E-state index contributed by atoms with van der Waals surface area (Å²) in [6, 6.07) is 9.50. The summed E-state index contributed by atoms with van der Waals surface area (Å²) >= 11 is 0. The van der Waals surface area contributed by atoms with E-state index in [1.165, 1.54) is 0 Å². The number of benzene rings is 2. The van der Waals surface area contributed by atoms with E-state index in [0.29, 0.717) is 42.2 Å². The van der Waals surface area contributed by atoms with E-state index in [0.717, 1.165) is 23.0 Å². The summed E-state index contributed by atoms with van der Waals surface area (Å²) in [6.45, 7) is 1.22. The summed E-state index contributed by atoms with van der Waals surface area (Å²) in [4.78, 5) is 9.33. The highest BCUT2D eigenvalue weighted by Crippen LogP contribution is 2.42. The number of nitrogens with zero attached hydrogens (tertiary/aromatic N) is 3. The minimum Gasteiger partial charge on any atom is -0.493 e. The van der Waals surface area contributed by atoms with Crippen molar-refractivity contribution in [1.82, 2.24) is 9.55 Å². The SMILES string of the molecule is COc1cccc([C@H]2N=C(N)Nc3nc4cc5c(cc4n32)OCCCO5)c1OC. The highest BCUT2D eigenvalue weighted by atomic mass is 16.5. The molecule has 0 bridgehead atoms. The van der Waals surface area contributed by atoms with Crippen LogP contribution in [-0.4, -0.2) is 42.9 Å². The standard InChI is InChI=1S/C20H21N5O4/c1-26-14-6-3-5-11(17(14)27-2)18-23-19(21)24-20-22-12-9-15-16(10-13(12)25(18)20)29-8-4-7-28-15/h3,5-6,9-10,18H,4,7-8H2,1-2H3,(H3,21,22,23,24)/t18-/m0/s1. The molecule has 0 fully saturated rings. The largest absolute Gasteiger partial charge is 0.493 e. The summed E-state index contributed by atoms with van der Waals surface area (Å²) in [5.74, 6) is 3.46. The molecule has 5 rings (SSSR count). The molecule has 0 radical (unpaired) electrons. The number of anilines is 1. The van der Waals surface area contributed by atoms with Crippen molar-refractivity contribution >= 4 is 22.9 Å². The lowest BCUT2D eigenvalue weighted by Crippen LogP contribution is -2.31. The van der Waals surface area contributed by atoms with Crippen molar-refractivity contribution in [3.63, 3.8) is 0 Å². The predicted molar refractivity (Wildman–Crippen MR) is 108 cm³/mol. The second-order valence-electron chi connectivity index (χ2n) is 6.74. The number of fused-ring (bicyclic) bond motifs is 4. The van der Waals surface area contributed by atoms with Crippen LogP contribution in [0.15, 0.2) is 35.3 Å². The van der Waals surface area contributed by atoms with E-state index >= 15 is 0 Å². The molecule has 2 aromatic carbocycles. The lowest BCUT2D eigenvalue weighted by Gasteiger charge is -2.25. The van der Waals surface area contributed by atoms with Crippen molar-refractivity contribution in [3.8, 4) is 23.0 Å². The third-order valence-electron chi connectivity index (χ3n) is 5.02. The maximum absolute atomic E-state index is 6.07. The highest BCUT2D eigenvalue weighted by Gasteiger charge is 2.29. The van der Waals surface area contributed by atoms with Crippen LogP contribution in [0.2, 0.25) is 0 Å². The van der Waals surface area contributed by atoms with Crippen LogP contribution in [-0.2, 0) is 0 Å². The van der Waals surface area contributed by atoms with Crippen LogP contribution in [0, 0.1) is 0 Å². The number of nitrogens with two attached hydrogens (primary N) is 1. The maximum atomic E-state index is 6.07. The Bertz CT molecular complexity index is 1120. The molecule has 0 amide bonds. The van der Waals surface area contributed by atoms with E-state index in [-0.39, 0.29) is 5.96 Å². The third-order valence-corrected chi connectivity index (χ3v) is 5.02. The average Bonchev–Trinajstić information content (AvgIpc) is 2.91. The summed E-state index contributed by atoms with van der Waals surface area (Å²) in [6.07, 6.45) is 0.356. The first-order valence-corrected chi connectivity index (χ1v) is 9.32. The molecule has 1 atom stereocenters. The molecule has 0 spiro atoms. The number of methoxy groups -OCH3 is 2. The van der Waals surface area contributed by atoms with Gasteiger partial charge in [0.1, 0.15) is 0 Å². The van der Waals surface area contributed by atoms with Crippen molar-refractivity contribution in [2.45, 2.75) is 12.6 Å². The Hall–Kier alpha value is -3.62. The van der Waals surface area contributed by atoms with Crippen molar-refractivity contribution in [3.05, 3.63) is 35.9 Å². The summed E-state index contributed by atoms with van der Waals surface area (Å²) in [5, 5.41) is 3.04. The lowest BCUT2D eigenvalue weighted by atomic mass is 10.1. The van der Waals surface area contributed by atoms with E-state index in [9.17, 15) is 0 Å². The number of hydrogen-bond acceptors (Lipinski definition) is 8. The van der Waals surface area contributed by atoms with E-state index in [1.807, 2.05) is 34.9 Å². The van der Waals surface area contributed by atoms with Crippen molar-refractivity contribution in [2.75, 3.05) is 32.8 Å². The summed E-state index contributed by atoms with van der Waals surface area (Å²) < 4.78 is 24.7. The van der Waals surface area contributed by atoms with E-state index in [4.69, 9.17) is 29.7 Å². The molecule has 3 heterocycles. The Labute approximate surface area is 167 Å². The fourth-order valence-electron chi connectivity index (χ4n) is 3.75. The average molecular weight is 395 g/mol. The number of para-hydroxylation sites is 1. The van der Waals surface area contributed by atoms with Gasteiger partial charge in [-0.25, -0.2) is 9.98 Å². The molecule has 0 aliphatic carbocycles. The normalized spacial score (nSPS) is 17.7. The fourth-order valence-corrected chi connectivity index (χ4v) is 3.75. The molecule has 3 aromatic rings. The predicted octanol–water partition coefficient (Wildman–Crippen LogP) is 2.50. The van der Waals surface area contributed by atoms with Crippen molar-refractivity contribution in [1.29, 1.82) is 0 Å². The smallest absolute Gasteiger partial charge is 0.212 e. The van der Waals surface area contributed by atoms with Crippen LogP contribution in [0.5, 0.6) is 23.0 Å². The molecular weight excluding hydrogens is 374 g/mol. The molecule has 2 aliphatic heterocycles. The Morgan fingerprint density at radius 2 is 1.93 bits per heavy atom. The van der Waals surface area contributed by atoms with Crippen LogP contribution < -0.4 is 30.0 Å². The fraction of sp³-hybridized carbons (Fsp3) is 0.300. The van der Waals surface area contributed by atoms with Gasteiger partial charge in [-0.3, -0.25) is 9.88 Å². The maximum Gasteiger partial charge on any atom is 0.212 e. The van der Waals surface area contributed by atoms with Crippen LogP contribution in [0.4, 0.5) is 5.95 Å². The molecule has 3 N–H and O–H groups in total. The minimum absolute atomic E-state index is 0.275. The zero-order chi connectivity index (χ0) is 20.0. The minimum atomic E-state index is -0.481. The number of aliphatic imine (C=N–C) groups is 1. The number of nitrogens with one attached hydrogen (secondary N) is 1. The van der Waals surface area contributed by atoms with Gasteiger partial charge in [0, 0.05) is 24.1 Å². The number of rotatable bonds is 3. The molecule has 0 saturated heterocycles. The second kappa shape index (κ2) is 6.77. The van der Waals surface area contributed by atoms with Crippen molar-refractivity contribution < 1.29 is 18.9 Å². The van der Waals surface area contributed by atoms with E-state index in [1.54, 1.807) is 14.2 Å². The second-order valence-corrected chi connectivity index (χ2v) is 6.74. The lowest BCUT2D eigenvalue weighted by molar-refractivity contribution is 0.297. The molecule has 1 aromatic heterocycles. The van der Waals surface area contributed by atoms with Gasteiger partial charge in [0.15, 0.2) is 35.1 Å². The Balaban J connectivity index is 1.73. The molecule has 9 heteroatoms. The molecular formula is C20H21N5O4. The Morgan fingerprint density at radius 3 is 2.69 bits per heavy atom. The summed E-state index contributed by atoms with van der Waals surface area (Å²) in [7, 11) is 3.21. The molecule has 150 valence electrons. The van der Waals surface area contributed by atoms with Crippen LogP contribution in [0.3, 0.4) is 0 Å². The molecule has 29 heavy (non-hydrogen) atoms. The Kier molecular flexibility index (Phi) is 4.08. The topological polar surface area (TPSA) is 105 Å². The quantitative estimate of drug-likeness (QED) is 0.702. The number of hydrogen-bond donors (Lipinski definition) is 2. The number of guanidine groups is 1. The zero-order valence-corrected chi connectivity index (χ0v) is 16.1. The molecule has 0 saturated carbocycles. The highest BCUT2D eigenvalue weighted by molar-refractivity contribution is 5.95. The molecule has 9 nitrogen and oxygen atoms in total. The molecule has 0 unspecified atom stereocenters. The van der Waals surface area contributed by atoms with Crippen LogP contribution >= 0.6 is 0 Å². The van der Waals surface area contributed by atoms with E-state index < -0.39 is 6.17 Å². The van der Waals surface area contributed by atoms with Gasteiger partial charge in [-0.1, -0.05) is 12.1 Å². The van der Waals surface area contributed by atoms with Gasteiger partial charge in [-0.2, -0.15) is 0 Å². The van der Waals surface area contributed by atoms with Gasteiger partial charge in [-0.05, 0) is 6.07 Å². The van der Waals surface area contributed by atoms with Gasteiger partial charge < -0.3 is 24.7 Å². The molecule has 2 aliphatic rings. The van der Waals surface area contributed by atoms with Crippen LogP contribution in [0.25, 0.3) is 11.0 Å². The third kappa shape index (κ3) is 2.77. The first kappa shape index (κ1) is 17.5. The van der Waals surface area contributed by atoms with E-state index in [2.05, 4.69) is 10.3 Å². The monoisotopic (exact) mass is 395 g/mol. The zero-order valence-electron chi connectivity index (χ0n) is 16.1. The van der Waals surface area contributed by atoms with Gasteiger partial charge in [0.05, 0.1) is 38.5 Å². The van der Waals surface area contributed by atoms with Crippen LogP contribution in [0.1, 0.15) is 18.2 Å². The van der Waals surface area contributed by atoms with Gasteiger partial charge >= 0.3 is 0 Å². The van der Waals surface area contributed by atoms with Gasteiger partial charge in [-0.15, -0.1) is 0 Å². The van der Waals surface area contributed by atoms with Crippen molar-refractivity contribution in [2.24, 2.45) is 10.7 Å². The Morgan fingerprint density at radius 1 is 1.14 bits per heavy atom. The van der Waals surface area contributed by atoms with Gasteiger partial charge in [0.25, 0.3) is 0 Å².